The van der Waals surface area contributed by atoms with E-state index >= 15 is 0 Å². The summed E-state index contributed by atoms with van der Waals surface area (Å²) in [6.07, 6.45) is 4.29. The van der Waals surface area contributed by atoms with Gasteiger partial charge in [0.1, 0.15) is 5.70 Å². The smallest absolute Gasteiger partial charge is 0.265 e. The van der Waals surface area contributed by atoms with Crippen LogP contribution in [-0.2, 0) is 10.0 Å². The summed E-state index contributed by atoms with van der Waals surface area (Å²) < 4.78 is 27.4. The highest BCUT2D eigenvalue weighted by atomic mass is 32.2. The molecule has 0 saturated carbocycles. The van der Waals surface area contributed by atoms with Crippen molar-refractivity contribution in [2.24, 2.45) is 0 Å². The van der Waals surface area contributed by atoms with E-state index in [2.05, 4.69) is 6.92 Å². The minimum absolute atomic E-state index is 0.0988. The Morgan fingerprint density at radius 3 is 2.36 bits per heavy atom. The first-order chi connectivity index (χ1) is 12.1. The fourth-order valence-electron chi connectivity index (χ4n) is 2.97. The van der Waals surface area contributed by atoms with E-state index in [0.29, 0.717) is 6.54 Å². The van der Waals surface area contributed by atoms with Crippen molar-refractivity contribution < 1.29 is 13.2 Å². The Morgan fingerprint density at radius 1 is 0.960 bits per heavy atom. The van der Waals surface area contributed by atoms with Crippen LogP contribution in [0, 0.1) is 0 Å². The molecule has 0 spiro atoms. The molecule has 0 aromatic heterocycles. The summed E-state index contributed by atoms with van der Waals surface area (Å²) in [6, 6.07) is 15.8. The SMILES string of the molecule is CCCCCN1C(=Cc2ccccc2)C(=O)c2ccccc2S1(=O)=O. The van der Waals surface area contributed by atoms with Gasteiger partial charge in [0.2, 0.25) is 5.78 Å². The Balaban J connectivity index is 2.13. The van der Waals surface area contributed by atoms with Gasteiger partial charge in [0.05, 0.1) is 4.90 Å². The minimum Gasteiger partial charge on any atom is -0.287 e. The first-order valence-electron chi connectivity index (χ1n) is 8.49. The molecular formula is C20H21NO3S. The maximum absolute atomic E-state index is 13.1. The van der Waals surface area contributed by atoms with Crippen molar-refractivity contribution in [1.29, 1.82) is 0 Å². The molecule has 0 bridgehead atoms. The second kappa shape index (κ2) is 7.23. The number of benzene rings is 2. The van der Waals surface area contributed by atoms with Crippen LogP contribution in [-0.4, -0.2) is 25.1 Å². The van der Waals surface area contributed by atoms with Gasteiger partial charge in [0.15, 0.2) is 0 Å². The lowest BCUT2D eigenvalue weighted by Gasteiger charge is -2.31. The van der Waals surface area contributed by atoms with Crippen LogP contribution < -0.4 is 0 Å². The van der Waals surface area contributed by atoms with Crippen LogP contribution in [0.1, 0.15) is 42.1 Å². The van der Waals surface area contributed by atoms with Gasteiger partial charge in [-0.3, -0.25) is 9.10 Å². The summed E-state index contributed by atoms with van der Waals surface area (Å²) in [5, 5.41) is 0. The van der Waals surface area contributed by atoms with Crippen LogP contribution in [0.25, 0.3) is 6.08 Å². The van der Waals surface area contributed by atoms with Crippen LogP contribution >= 0.6 is 0 Å². The molecule has 0 saturated heterocycles. The van der Waals surface area contributed by atoms with Crippen molar-refractivity contribution in [2.45, 2.75) is 31.1 Å². The van der Waals surface area contributed by atoms with Gasteiger partial charge in [-0.1, -0.05) is 62.2 Å². The van der Waals surface area contributed by atoms with E-state index in [-0.39, 0.29) is 21.9 Å². The van der Waals surface area contributed by atoms with Gasteiger partial charge in [0.25, 0.3) is 10.0 Å². The number of Topliss-reactive ketones (excluding diaryl/α,β-unsaturated/α-hetero) is 1. The molecule has 25 heavy (non-hydrogen) atoms. The van der Waals surface area contributed by atoms with Crippen LogP contribution in [0.4, 0.5) is 0 Å². The molecule has 0 unspecified atom stereocenters. The number of ketones is 1. The van der Waals surface area contributed by atoms with Crippen molar-refractivity contribution in [2.75, 3.05) is 6.54 Å². The van der Waals surface area contributed by atoms with Gasteiger partial charge in [-0.05, 0) is 30.2 Å². The van der Waals surface area contributed by atoms with Gasteiger partial charge in [-0.25, -0.2) is 8.42 Å². The Morgan fingerprint density at radius 2 is 1.64 bits per heavy atom. The standard InChI is InChI=1S/C20H21NO3S/c1-2-3-9-14-21-18(15-16-10-5-4-6-11-16)20(22)17-12-7-8-13-19(17)25(21,23)24/h4-8,10-13,15H,2-3,9,14H2,1H3. The lowest BCUT2D eigenvalue weighted by molar-refractivity contribution is 0.100. The zero-order valence-electron chi connectivity index (χ0n) is 14.2. The fraction of sp³-hybridized carbons (Fsp3) is 0.250. The highest BCUT2D eigenvalue weighted by molar-refractivity contribution is 7.89. The molecule has 3 rings (SSSR count). The molecule has 1 aliphatic rings. The number of sulfonamides is 1. The van der Waals surface area contributed by atoms with Crippen LogP contribution in [0.5, 0.6) is 0 Å². The number of fused-ring (bicyclic) bond motifs is 1. The third kappa shape index (κ3) is 3.37. The van der Waals surface area contributed by atoms with Crippen molar-refractivity contribution >= 4 is 21.9 Å². The molecule has 0 fully saturated rings. The van der Waals surface area contributed by atoms with E-state index in [0.717, 1.165) is 24.8 Å². The predicted molar refractivity (Wildman–Crippen MR) is 98.6 cm³/mol. The van der Waals surface area contributed by atoms with Crippen molar-refractivity contribution in [3.05, 3.63) is 71.4 Å². The van der Waals surface area contributed by atoms with E-state index in [9.17, 15) is 13.2 Å². The molecule has 2 aromatic carbocycles. The topological polar surface area (TPSA) is 54.5 Å². The maximum atomic E-state index is 13.1. The summed E-state index contributed by atoms with van der Waals surface area (Å²) >= 11 is 0. The van der Waals surface area contributed by atoms with Crippen molar-refractivity contribution in [1.82, 2.24) is 4.31 Å². The normalized spacial score (nSPS) is 17.6. The first kappa shape index (κ1) is 17.4. The quantitative estimate of drug-likeness (QED) is 0.599. The predicted octanol–water partition coefficient (Wildman–Crippen LogP) is 4.10. The van der Waals surface area contributed by atoms with E-state index < -0.39 is 10.0 Å². The number of nitrogens with zero attached hydrogens (tertiary/aromatic N) is 1. The maximum Gasteiger partial charge on any atom is 0.265 e. The molecular weight excluding hydrogens is 334 g/mol. The number of carbonyl (C=O) groups excluding carboxylic acids is 1. The molecule has 1 aliphatic heterocycles. The average molecular weight is 355 g/mol. The molecule has 5 heteroatoms. The third-order valence-electron chi connectivity index (χ3n) is 4.27. The van der Waals surface area contributed by atoms with Gasteiger partial charge < -0.3 is 0 Å². The van der Waals surface area contributed by atoms with Crippen LogP contribution in [0.15, 0.2) is 65.2 Å². The van der Waals surface area contributed by atoms with Crippen LogP contribution in [0.2, 0.25) is 0 Å². The van der Waals surface area contributed by atoms with Crippen molar-refractivity contribution in [3.8, 4) is 0 Å². The monoisotopic (exact) mass is 355 g/mol. The second-order valence-electron chi connectivity index (χ2n) is 6.05. The fourth-order valence-corrected chi connectivity index (χ4v) is 4.66. The molecule has 0 radical (unpaired) electrons. The molecule has 130 valence electrons. The minimum atomic E-state index is -3.72. The summed E-state index contributed by atoms with van der Waals surface area (Å²) in [5.41, 5.74) is 1.28. The zero-order chi connectivity index (χ0) is 17.9. The molecule has 4 nitrogen and oxygen atoms in total. The second-order valence-corrected chi connectivity index (χ2v) is 7.88. The number of hydrogen-bond donors (Lipinski definition) is 0. The average Bonchev–Trinajstić information content (AvgIpc) is 2.63. The largest absolute Gasteiger partial charge is 0.287 e. The Hall–Kier alpha value is -2.40. The number of hydrogen-bond acceptors (Lipinski definition) is 3. The van der Waals surface area contributed by atoms with Crippen LogP contribution in [0.3, 0.4) is 0 Å². The Bertz CT molecular complexity index is 902. The highest BCUT2D eigenvalue weighted by Gasteiger charge is 2.38. The van der Waals surface area contributed by atoms with Gasteiger partial charge >= 0.3 is 0 Å². The number of rotatable bonds is 5. The van der Waals surface area contributed by atoms with Crippen molar-refractivity contribution in [3.63, 3.8) is 0 Å². The number of carbonyl (C=O) groups is 1. The lowest BCUT2D eigenvalue weighted by Crippen LogP contribution is -2.39. The summed E-state index contributed by atoms with van der Waals surface area (Å²) in [5.74, 6) is -0.245. The summed E-state index contributed by atoms with van der Waals surface area (Å²) in [4.78, 5) is 13.1. The number of allylic oxidation sites excluding steroid dienone is 1. The summed E-state index contributed by atoms with van der Waals surface area (Å²) in [7, 11) is -3.72. The third-order valence-corrected chi connectivity index (χ3v) is 6.14. The van der Waals surface area contributed by atoms with Gasteiger partial charge in [-0.2, -0.15) is 0 Å². The Labute approximate surface area is 148 Å². The van der Waals surface area contributed by atoms with E-state index in [1.165, 1.54) is 10.4 Å². The van der Waals surface area contributed by atoms with E-state index in [1.807, 2.05) is 30.3 Å². The molecule has 2 aromatic rings. The van der Waals surface area contributed by atoms with Gasteiger partial charge in [-0.15, -0.1) is 0 Å². The molecule has 1 heterocycles. The molecule has 0 N–H and O–H groups in total. The van der Waals surface area contributed by atoms with E-state index in [1.54, 1.807) is 24.3 Å². The summed E-state index contributed by atoms with van der Waals surface area (Å²) in [6.45, 7) is 2.38. The molecule has 0 aliphatic carbocycles. The molecule has 0 amide bonds. The Kier molecular flexibility index (Phi) is 5.04. The van der Waals surface area contributed by atoms with E-state index in [4.69, 9.17) is 0 Å². The highest BCUT2D eigenvalue weighted by Crippen LogP contribution is 2.33. The lowest BCUT2D eigenvalue weighted by atomic mass is 10.0. The molecule has 0 atom stereocenters. The number of unbranched alkanes of at least 4 members (excludes halogenated alkanes) is 2. The zero-order valence-corrected chi connectivity index (χ0v) is 15.0. The van der Waals surface area contributed by atoms with Gasteiger partial charge in [0, 0.05) is 12.1 Å². The first-order valence-corrected chi connectivity index (χ1v) is 9.93.